The largest absolute Gasteiger partial charge is 0.478 e. The molecular formula is C21H30FN3O3. The van der Waals surface area contributed by atoms with Crippen LogP contribution >= 0.6 is 0 Å². The predicted molar refractivity (Wildman–Crippen MR) is 105 cm³/mol. The van der Waals surface area contributed by atoms with Crippen LogP contribution in [0.1, 0.15) is 37.8 Å². The van der Waals surface area contributed by atoms with E-state index in [9.17, 15) is 14.0 Å². The summed E-state index contributed by atoms with van der Waals surface area (Å²) < 4.78 is 20.1. The first-order valence-corrected chi connectivity index (χ1v) is 9.88. The minimum atomic E-state index is -1.12. The van der Waals surface area contributed by atoms with E-state index in [2.05, 4.69) is 11.4 Å². The number of urea groups is 1. The van der Waals surface area contributed by atoms with Gasteiger partial charge in [0, 0.05) is 27.1 Å². The molecule has 1 heterocycles. The van der Waals surface area contributed by atoms with Gasteiger partial charge < -0.3 is 19.9 Å². The second-order valence-corrected chi connectivity index (χ2v) is 8.42. The summed E-state index contributed by atoms with van der Waals surface area (Å²) in [6.45, 7) is 3.67. The van der Waals surface area contributed by atoms with Gasteiger partial charge >= 0.3 is 6.03 Å². The molecule has 154 valence electrons. The van der Waals surface area contributed by atoms with Gasteiger partial charge in [-0.25, -0.2) is 9.18 Å². The maximum atomic E-state index is 14.1. The highest BCUT2D eigenvalue weighted by atomic mass is 19.1. The molecule has 1 aliphatic heterocycles. The Kier molecular flexibility index (Phi) is 5.82. The Morgan fingerprint density at radius 2 is 2.00 bits per heavy atom. The highest BCUT2D eigenvalue weighted by Gasteiger charge is 2.43. The number of nitrogens with zero attached hydrogens (tertiary/aromatic N) is 2. The SMILES string of the molecule is CN(C)C(=O)NCC1CC(F)CN1C(=O)C(C)(C)Oc1ccc2c(c1)CCC2. The van der Waals surface area contributed by atoms with E-state index >= 15 is 0 Å². The van der Waals surface area contributed by atoms with Crippen LogP contribution in [0.25, 0.3) is 0 Å². The Bertz CT molecular complexity index is 750. The van der Waals surface area contributed by atoms with Crippen LogP contribution in [0, 0.1) is 0 Å². The van der Waals surface area contributed by atoms with Crippen molar-refractivity contribution in [3.63, 3.8) is 0 Å². The number of nitrogens with one attached hydrogen (secondary N) is 1. The van der Waals surface area contributed by atoms with Crippen LogP contribution in [0.5, 0.6) is 5.75 Å². The summed E-state index contributed by atoms with van der Waals surface area (Å²) in [5.41, 5.74) is 1.49. The summed E-state index contributed by atoms with van der Waals surface area (Å²) in [7, 11) is 3.27. The van der Waals surface area contributed by atoms with Gasteiger partial charge in [-0.15, -0.1) is 0 Å². The third kappa shape index (κ3) is 4.39. The van der Waals surface area contributed by atoms with Crippen LogP contribution < -0.4 is 10.1 Å². The number of carbonyl (C=O) groups excluding carboxylic acids is 2. The number of aryl methyl sites for hydroxylation is 2. The molecule has 1 fully saturated rings. The Balaban J connectivity index is 1.68. The summed E-state index contributed by atoms with van der Waals surface area (Å²) in [5.74, 6) is 0.393. The van der Waals surface area contributed by atoms with Crippen LogP contribution in [0.15, 0.2) is 18.2 Å². The van der Waals surface area contributed by atoms with Gasteiger partial charge in [0.1, 0.15) is 11.9 Å². The van der Waals surface area contributed by atoms with Gasteiger partial charge in [-0.3, -0.25) is 4.79 Å². The summed E-state index contributed by atoms with van der Waals surface area (Å²) in [4.78, 5) is 27.9. The standard InChI is InChI=1S/C21H30FN3O3/c1-21(2,28-18-9-8-14-6-5-7-15(14)10-18)19(26)25-13-16(22)11-17(25)12-23-20(27)24(3)4/h8-10,16-17H,5-7,11-13H2,1-4H3,(H,23,27). The maximum absolute atomic E-state index is 14.1. The van der Waals surface area contributed by atoms with Crippen molar-refractivity contribution in [2.24, 2.45) is 0 Å². The summed E-state index contributed by atoms with van der Waals surface area (Å²) in [5, 5.41) is 2.74. The van der Waals surface area contributed by atoms with Crippen LogP contribution in [0.4, 0.5) is 9.18 Å². The number of fused-ring (bicyclic) bond motifs is 1. The number of alkyl halides is 1. The van der Waals surface area contributed by atoms with Crippen molar-refractivity contribution in [1.82, 2.24) is 15.1 Å². The molecule has 0 aromatic heterocycles. The van der Waals surface area contributed by atoms with Gasteiger partial charge in [-0.05, 0) is 56.4 Å². The molecule has 7 heteroatoms. The van der Waals surface area contributed by atoms with Gasteiger partial charge in [0.05, 0.1) is 12.6 Å². The second kappa shape index (κ2) is 7.97. The number of amides is 3. The Labute approximate surface area is 166 Å². The normalized spacial score (nSPS) is 21.4. The lowest BCUT2D eigenvalue weighted by Gasteiger charge is -2.33. The average Bonchev–Trinajstić information content (AvgIpc) is 3.24. The first-order chi connectivity index (χ1) is 13.2. The Hall–Kier alpha value is -2.31. The van der Waals surface area contributed by atoms with E-state index in [1.807, 2.05) is 12.1 Å². The number of carbonyl (C=O) groups is 2. The number of likely N-dealkylation sites (tertiary alicyclic amines) is 1. The molecule has 2 atom stereocenters. The molecular weight excluding hydrogens is 361 g/mol. The lowest BCUT2D eigenvalue weighted by atomic mass is 10.1. The maximum Gasteiger partial charge on any atom is 0.316 e. The zero-order chi connectivity index (χ0) is 20.5. The van der Waals surface area contributed by atoms with E-state index in [1.165, 1.54) is 20.9 Å². The number of rotatable bonds is 5. The topological polar surface area (TPSA) is 61.9 Å². The van der Waals surface area contributed by atoms with Crippen molar-refractivity contribution in [2.45, 2.75) is 57.3 Å². The first-order valence-electron chi connectivity index (χ1n) is 9.88. The molecule has 1 aromatic carbocycles. The number of benzene rings is 1. The van der Waals surface area contributed by atoms with Gasteiger partial charge in [0.15, 0.2) is 5.60 Å². The average molecular weight is 391 g/mol. The monoisotopic (exact) mass is 391 g/mol. The fraction of sp³-hybridized carbons (Fsp3) is 0.619. The molecule has 6 nitrogen and oxygen atoms in total. The predicted octanol–water partition coefficient (Wildman–Crippen LogP) is 2.54. The second-order valence-electron chi connectivity index (χ2n) is 8.42. The van der Waals surface area contributed by atoms with Crippen LogP contribution in [-0.2, 0) is 17.6 Å². The van der Waals surface area contributed by atoms with Crippen molar-refractivity contribution in [3.8, 4) is 5.75 Å². The fourth-order valence-electron chi connectivity index (χ4n) is 3.96. The lowest BCUT2D eigenvalue weighted by molar-refractivity contribution is -0.146. The first kappa shape index (κ1) is 20.4. The van der Waals surface area contributed by atoms with Crippen LogP contribution in [0.3, 0.4) is 0 Å². The Morgan fingerprint density at radius 3 is 2.71 bits per heavy atom. The highest BCUT2D eigenvalue weighted by molar-refractivity contribution is 5.85. The van der Waals surface area contributed by atoms with Crippen LogP contribution in [0.2, 0.25) is 0 Å². The minimum absolute atomic E-state index is 0.0261. The Morgan fingerprint density at radius 1 is 1.29 bits per heavy atom. The number of hydrogen-bond acceptors (Lipinski definition) is 3. The van der Waals surface area contributed by atoms with Crippen LogP contribution in [-0.4, -0.2) is 66.7 Å². The quantitative estimate of drug-likeness (QED) is 0.839. The number of hydrogen-bond donors (Lipinski definition) is 1. The molecule has 0 bridgehead atoms. The highest BCUT2D eigenvalue weighted by Crippen LogP contribution is 2.30. The third-order valence-electron chi connectivity index (χ3n) is 5.48. The van der Waals surface area contributed by atoms with Crippen molar-refractivity contribution < 1.29 is 18.7 Å². The molecule has 0 radical (unpaired) electrons. The van der Waals surface area contributed by atoms with E-state index in [0.717, 1.165) is 19.3 Å². The molecule has 0 saturated carbocycles. The number of halogens is 1. The number of ether oxygens (including phenoxy) is 1. The smallest absolute Gasteiger partial charge is 0.316 e. The molecule has 28 heavy (non-hydrogen) atoms. The van der Waals surface area contributed by atoms with Gasteiger partial charge in [-0.1, -0.05) is 6.07 Å². The summed E-state index contributed by atoms with van der Waals surface area (Å²) >= 11 is 0. The fourth-order valence-corrected chi connectivity index (χ4v) is 3.96. The zero-order valence-electron chi connectivity index (χ0n) is 17.1. The van der Waals surface area contributed by atoms with E-state index in [4.69, 9.17) is 4.74 Å². The minimum Gasteiger partial charge on any atom is -0.478 e. The van der Waals surface area contributed by atoms with E-state index in [1.54, 1.807) is 27.9 Å². The van der Waals surface area contributed by atoms with E-state index in [-0.39, 0.29) is 37.5 Å². The van der Waals surface area contributed by atoms with Gasteiger partial charge in [0.25, 0.3) is 5.91 Å². The van der Waals surface area contributed by atoms with Crippen molar-refractivity contribution in [3.05, 3.63) is 29.3 Å². The molecule has 3 rings (SSSR count). The molecule has 0 spiro atoms. The third-order valence-corrected chi connectivity index (χ3v) is 5.48. The van der Waals surface area contributed by atoms with E-state index in [0.29, 0.717) is 5.75 Å². The molecule has 2 aliphatic rings. The molecule has 3 amide bonds. The molecule has 2 unspecified atom stereocenters. The van der Waals surface area contributed by atoms with Gasteiger partial charge in [0.2, 0.25) is 0 Å². The molecule has 1 aromatic rings. The molecule has 1 saturated heterocycles. The van der Waals surface area contributed by atoms with Crippen molar-refractivity contribution in [2.75, 3.05) is 27.2 Å². The lowest BCUT2D eigenvalue weighted by Crippen LogP contribution is -2.53. The molecule has 1 aliphatic carbocycles. The van der Waals surface area contributed by atoms with Crippen molar-refractivity contribution in [1.29, 1.82) is 0 Å². The summed E-state index contributed by atoms with van der Waals surface area (Å²) in [6.07, 6.45) is 2.39. The zero-order valence-corrected chi connectivity index (χ0v) is 17.1. The summed E-state index contributed by atoms with van der Waals surface area (Å²) in [6, 6.07) is 5.33. The molecule has 1 N–H and O–H groups in total. The van der Waals surface area contributed by atoms with E-state index < -0.39 is 11.8 Å². The van der Waals surface area contributed by atoms with Gasteiger partial charge in [-0.2, -0.15) is 0 Å². The van der Waals surface area contributed by atoms with Crippen molar-refractivity contribution >= 4 is 11.9 Å².